The second kappa shape index (κ2) is 7.36. The van der Waals surface area contributed by atoms with E-state index in [4.69, 9.17) is 10.00 Å². The molecule has 1 atom stereocenters. The molecule has 1 rings (SSSR count). The van der Waals surface area contributed by atoms with E-state index in [9.17, 15) is 0 Å². The van der Waals surface area contributed by atoms with Crippen molar-refractivity contribution in [2.24, 2.45) is 5.92 Å². The van der Waals surface area contributed by atoms with Crippen molar-refractivity contribution in [2.75, 3.05) is 37.0 Å². The zero-order valence-corrected chi connectivity index (χ0v) is 11.8. The van der Waals surface area contributed by atoms with E-state index >= 15 is 0 Å². The number of hydrogen-bond acceptors (Lipinski definition) is 7. The van der Waals surface area contributed by atoms with Gasteiger partial charge in [-0.3, -0.25) is 0 Å². The largest absolute Gasteiger partial charge is 0.467 e. The third-order valence-electron chi connectivity index (χ3n) is 2.50. The number of nitrogens with one attached hydrogen (secondary N) is 1. The second-order valence-electron chi connectivity index (χ2n) is 4.04. The van der Waals surface area contributed by atoms with Crippen LogP contribution in [0.15, 0.2) is 0 Å². The Kier molecular flexibility index (Phi) is 5.79. The third kappa shape index (κ3) is 4.25. The molecule has 0 spiro atoms. The molecule has 7 nitrogen and oxygen atoms in total. The van der Waals surface area contributed by atoms with E-state index in [1.54, 1.807) is 0 Å². The summed E-state index contributed by atoms with van der Waals surface area (Å²) in [5, 5.41) is 11.9. The first-order valence-corrected chi connectivity index (χ1v) is 6.33. The zero-order valence-electron chi connectivity index (χ0n) is 11.8. The van der Waals surface area contributed by atoms with Crippen LogP contribution in [0.5, 0.6) is 6.01 Å². The average Bonchev–Trinajstić information content (AvgIpc) is 2.44. The highest BCUT2D eigenvalue weighted by molar-refractivity contribution is 5.38. The van der Waals surface area contributed by atoms with Crippen LogP contribution in [0.2, 0.25) is 0 Å². The molecular weight excluding hydrogens is 244 g/mol. The van der Waals surface area contributed by atoms with Crippen molar-refractivity contribution >= 4 is 11.9 Å². The molecule has 0 aliphatic heterocycles. The Morgan fingerprint density at radius 1 is 1.37 bits per heavy atom. The normalized spacial score (nSPS) is 11.5. The first-order valence-electron chi connectivity index (χ1n) is 6.33. The molecule has 19 heavy (non-hydrogen) atoms. The topological polar surface area (TPSA) is 87.0 Å². The summed E-state index contributed by atoms with van der Waals surface area (Å²) >= 11 is 0. The second-order valence-corrected chi connectivity index (χ2v) is 4.04. The van der Waals surface area contributed by atoms with E-state index in [-0.39, 0.29) is 11.9 Å². The lowest BCUT2D eigenvalue weighted by atomic mass is 10.2. The number of anilines is 2. The van der Waals surface area contributed by atoms with Gasteiger partial charge in [-0.2, -0.15) is 20.2 Å². The zero-order chi connectivity index (χ0) is 14.3. The number of hydrogen-bond donors (Lipinski definition) is 1. The fraction of sp³-hybridized carbons (Fsp3) is 0.667. The highest BCUT2D eigenvalue weighted by Crippen LogP contribution is 2.15. The molecule has 0 aliphatic carbocycles. The minimum atomic E-state index is -0.0923. The van der Waals surface area contributed by atoms with E-state index in [1.807, 2.05) is 25.7 Å². The van der Waals surface area contributed by atoms with Crippen LogP contribution < -0.4 is 15.0 Å². The Bertz CT molecular complexity index is 444. The Morgan fingerprint density at radius 3 is 2.63 bits per heavy atom. The molecule has 1 heterocycles. The minimum absolute atomic E-state index is 0.0923. The van der Waals surface area contributed by atoms with Gasteiger partial charge in [0.05, 0.1) is 19.1 Å². The van der Waals surface area contributed by atoms with E-state index in [0.717, 1.165) is 0 Å². The molecule has 0 amide bonds. The van der Waals surface area contributed by atoms with Gasteiger partial charge in [0.2, 0.25) is 11.9 Å². The summed E-state index contributed by atoms with van der Waals surface area (Å²) in [6.07, 6.45) is 0. The lowest BCUT2D eigenvalue weighted by Gasteiger charge is -2.22. The predicted octanol–water partition coefficient (Wildman–Crippen LogP) is 1.30. The SMILES string of the molecule is CCNc1nc(OC)nc(N(CC)CC(C)C#N)n1. The molecule has 1 unspecified atom stereocenters. The van der Waals surface area contributed by atoms with Crippen LogP contribution in [-0.2, 0) is 0 Å². The average molecular weight is 264 g/mol. The van der Waals surface area contributed by atoms with E-state index < -0.39 is 0 Å². The summed E-state index contributed by atoms with van der Waals surface area (Å²) in [6.45, 7) is 7.83. The number of methoxy groups -OCH3 is 1. The quantitative estimate of drug-likeness (QED) is 0.794. The Morgan fingerprint density at radius 2 is 2.11 bits per heavy atom. The van der Waals surface area contributed by atoms with Crippen LogP contribution in [0.1, 0.15) is 20.8 Å². The van der Waals surface area contributed by atoms with Crippen LogP contribution in [0, 0.1) is 17.2 Å². The number of nitriles is 1. The number of rotatable bonds is 7. The van der Waals surface area contributed by atoms with Crippen molar-refractivity contribution < 1.29 is 4.74 Å². The Hall–Kier alpha value is -2.10. The predicted molar refractivity (Wildman–Crippen MR) is 73.2 cm³/mol. The first kappa shape index (κ1) is 15.0. The van der Waals surface area contributed by atoms with Gasteiger partial charge in [-0.05, 0) is 20.8 Å². The molecule has 0 bridgehead atoms. The van der Waals surface area contributed by atoms with Crippen molar-refractivity contribution in [2.45, 2.75) is 20.8 Å². The van der Waals surface area contributed by atoms with Gasteiger partial charge in [-0.15, -0.1) is 0 Å². The molecular formula is C12H20N6O. The fourth-order valence-electron chi connectivity index (χ4n) is 1.54. The first-order chi connectivity index (χ1) is 9.14. The standard InChI is InChI=1S/C12H20N6O/c1-5-14-10-15-11(17-12(16-10)19-4)18(6-2)8-9(3)7-13/h9H,5-6,8H2,1-4H3,(H,14,15,16,17). The van der Waals surface area contributed by atoms with Crippen LogP contribution in [-0.4, -0.2) is 41.7 Å². The molecule has 1 N–H and O–H groups in total. The van der Waals surface area contributed by atoms with E-state index in [1.165, 1.54) is 7.11 Å². The summed E-state index contributed by atoms with van der Waals surface area (Å²) in [6, 6.07) is 2.48. The van der Waals surface area contributed by atoms with Gasteiger partial charge in [0.15, 0.2) is 0 Å². The molecule has 1 aromatic heterocycles. The molecule has 104 valence electrons. The summed E-state index contributed by atoms with van der Waals surface area (Å²) in [7, 11) is 1.52. The number of aromatic nitrogens is 3. The van der Waals surface area contributed by atoms with Crippen molar-refractivity contribution in [3.8, 4) is 12.1 Å². The molecule has 7 heteroatoms. The molecule has 0 saturated heterocycles. The van der Waals surface area contributed by atoms with Gasteiger partial charge in [-0.1, -0.05) is 0 Å². The van der Waals surface area contributed by atoms with Crippen molar-refractivity contribution in [3.05, 3.63) is 0 Å². The summed E-state index contributed by atoms with van der Waals surface area (Å²) in [5.41, 5.74) is 0. The minimum Gasteiger partial charge on any atom is -0.467 e. The summed E-state index contributed by atoms with van der Waals surface area (Å²) in [4.78, 5) is 14.6. The van der Waals surface area contributed by atoms with Crippen molar-refractivity contribution in [1.82, 2.24) is 15.0 Å². The fourth-order valence-corrected chi connectivity index (χ4v) is 1.54. The van der Waals surface area contributed by atoms with Gasteiger partial charge in [0.25, 0.3) is 0 Å². The molecule has 1 aromatic rings. The maximum Gasteiger partial charge on any atom is 0.322 e. The maximum absolute atomic E-state index is 8.90. The molecule has 0 fully saturated rings. The van der Waals surface area contributed by atoms with Crippen LogP contribution in [0.4, 0.5) is 11.9 Å². The molecule has 0 aliphatic rings. The third-order valence-corrected chi connectivity index (χ3v) is 2.50. The maximum atomic E-state index is 8.90. The van der Waals surface area contributed by atoms with E-state index in [0.29, 0.717) is 31.5 Å². The highest BCUT2D eigenvalue weighted by atomic mass is 16.5. The van der Waals surface area contributed by atoms with Gasteiger partial charge in [0, 0.05) is 19.6 Å². The smallest absolute Gasteiger partial charge is 0.322 e. The highest BCUT2D eigenvalue weighted by Gasteiger charge is 2.14. The lowest BCUT2D eigenvalue weighted by molar-refractivity contribution is 0.378. The van der Waals surface area contributed by atoms with Gasteiger partial charge >= 0.3 is 6.01 Å². The van der Waals surface area contributed by atoms with Crippen LogP contribution >= 0.6 is 0 Å². The summed E-state index contributed by atoms with van der Waals surface area (Å²) in [5.74, 6) is 0.908. The monoisotopic (exact) mass is 264 g/mol. The van der Waals surface area contributed by atoms with Crippen molar-refractivity contribution in [1.29, 1.82) is 5.26 Å². The molecule has 0 saturated carbocycles. The molecule has 0 radical (unpaired) electrons. The molecule has 0 aromatic carbocycles. The lowest BCUT2D eigenvalue weighted by Crippen LogP contribution is -2.30. The van der Waals surface area contributed by atoms with E-state index in [2.05, 4.69) is 26.3 Å². The number of nitrogens with zero attached hydrogens (tertiary/aromatic N) is 5. The van der Waals surface area contributed by atoms with Crippen LogP contribution in [0.3, 0.4) is 0 Å². The van der Waals surface area contributed by atoms with Crippen LogP contribution in [0.25, 0.3) is 0 Å². The number of ether oxygens (including phenoxy) is 1. The summed E-state index contributed by atoms with van der Waals surface area (Å²) < 4.78 is 5.07. The Labute approximate surface area is 113 Å². The van der Waals surface area contributed by atoms with Gasteiger partial charge in [0.1, 0.15) is 0 Å². The Balaban J connectivity index is 3.01. The van der Waals surface area contributed by atoms with Gasteiger partial charge < -0.3 is 15.0 Å². The van der Waals surface area contributed by atoms with Gasteiger partial charge in [-0.25, -0.2) is 0 Å². The van der Waals surface area contributed by atoms with Crippen molar-refractivity contribution in [3.63, 3.8) is 0 Å².